The van der Waals surface area contributed by atoms with Crippen LogP contribution >= 0.6 is 39.0 Å². The number of benzene rings is 1. The molecule has 1 aromatic carbocycles. The molecule has 1 N–H and O–H groups in total. The van der Waals surface area contributed by atoms with Gasteiger partial charge in [-0.3, -0.25) is 4.79 Å². The van der Waals surface area contributed by atoms with E-state index in [1.54, 1.807) is 30.0 Å². The van der Waals surface area contributed by atoms with Crippen LogP contribution < -0.4 is 5.32 Å². The molecule has 24 heavy (non-hydrogen) atoms. The zero-order valence-electron chi connectivity index (χ0n) is 13.3. The molecule has 0 saturated carbocycles. The summed E-state index contributed by atoms with van der Waals surface area (Å²) in [5.74, 6) is 1.11. The topological polar surface area (TPSA) is 55.1 Å². The first-order valence-electron chi connectivity index (χ1n) is 7.21. The fourth-order valence-corrected chi connectivity index (χ4v) is 4.55. The Hall–Kier alpha value is -1.57. The molecule has 0 spiro atoms. The Bertz CT molecular complexity index is 885. The molecule has 124 valence electrons. The number of aryl methyl sites for hydroxylation is 3. The Morgan fingerprint density at radius 3 is 2.46 bits per heavy atom. The van der Waals surface area contributed by atoms with E-state index in [0.717, 1.165) is 20.6 Å². The normalized spacial score (nSPS) is 10.8. The molecule has 2 aromatic heterocycles. The fraction of sp³-hybridized carbons (Fsp3) is 0.176. The maximum atomic E-state index is 12.4. The summed E-state index contributed by atoms with van der Waals surface area (Å²) in [6, 6.07) is 7.72. The Morgan fingerprint density at radius 1 is 1.21 bits per heavy atom. The van der Waals surface area contributed by atoms with Gasteiger partial charge >= 0.3 is 0 Å². The molecule has 0 fully saturated rings. The van der Waals surface area contributed by atoms with Crippen molar-refractivity contribution in [2.24, 2.45) is 0 Å². The van der Waals surface area contributed by atoms with Gasteiger partial charge in [0.1, 0.15) is 11.5 Å². The minimum atomic E-state index is -0.188. The number of hydrogen-bond donors (Lipinski definition) is 1. The summed E-state index contributed by atoms with van der Waals surface area (Å²) < 4.78 is 7.18. The number of amides is 1. The number of thiazole rings is 1. The van der Waals surface area contributed by atoms with Crippen LogP contribution in [0.3, 0.4) is 0 Å². The van der Waals surface area contributed by atoms with Gasteiger partial charge in [0.25, 0.3) is 5.91 Å². The monoisotopic (exact) mass is 422 g/mol. The first-order chi connectivity index (χ1) is 11.4. The van der Waals surface area contributed by atoms with Crippen molar-refractivity contribution < 1.29 is 9.21 Å². The van der Waals surface area contributed by atoms with Crippen molar-refractivity contribution in [1.29, 1.82) is 0 Å². The average Bonchev–Trinajstić information content (AvgIpc) is 3.04. The van der Waals surface area contributed by atoms with E-state index in [4.69, 9.17) is 4.42 Å². The molecule has 0 aliphatic heterocycles. The molecule has 0 atom stereocenters. The van der Waals surface area contributed by atoms with Crippen LogP contribution in [0, 0.1) is 20.8 Å². The van der Waals surface area contributed by atoms with Gasteiger partial charge in [-0.25, -0.2) is 4.98 Å². The molecule has 7 heteroatoms. The van der Waals surface area contributed by atoms with E-state index in [-0.39, 0.29) is 5.91 Å². The third-order valence-corrected chi connectivity index (χ3v) is 6.35. The molecule has 0 unspecified atom stereocenters. The summed E-state index contributed by atoms with van der Waals surface area (Å²) in [6.45, 7) is 5.58. The Balaban J connectivity index is 1.70. The van der Waals surface area contributed by atoms with Crippen molar-refractivity contribution in [3.8, 4) is 0 Å². The van der Waals surface area contributed by atoms with E-state index in [1.807, 2.05) is 43.5 Å². The summed E-state index contributed by atoms with van der Waals surface area (Å²) in [5.41, 5.74) is 2.30. The lowest BCUT2D eigenvalue weighted by atomic mass is 10.2. The number of rotatable bonds is 4. The van der Waals surface area contributed by atoms with Gasteiger partial charge in [-0.15, -0.1) is 11.3 Å². The number of nitrogens with one attached hydrogen (secondary N) is 1. The second kappa shape index (κ2) is 7.13. The lowest BCUT2D eigenvalue weighted by molar-refractivity contribution is 0.102. The second-order valence-electron chi connectivity index (χ2n) is 5.24. The number of carbonyl (C=O) groups excluding carboxylic acids is 1. The molecule has 0 aliphatic rings. The number of nitrogens with zero attached hydrogens (tertiary/aromatic N) is 1. The fourth-order valence-electron chi connectivity index (χ4n) is 2.20. The van der Waals surface area contributed by atoms with Crippen molar-refractivity contribution in [2.45, 2.75) is 30.0 Å². The molecule has 2 heterocycles. The van der Waals surface area contributed by atoms with E-state index in [9.17, 15) is 4.79 Å². The smallest absolute Gasteiger partial charge is 0.260 e. The zero-order chi connectivity index (χ0) is 17.3. The molecule has 0 aliphatic carbocycles. The highest BCUT2D eigenvalue weighted by Gasteiger charge is 2.19. The first-order valence-corrected chi connectivity index (χ1v) is 9.70. The number of halogens is 1. The van der Waals surface area contributed by atoms with E-state index in [1.165, 1.54) is 0 Å². The van der Waals surface area contributed by atoms with E-state index in [2.05, 4.69) is 26.2 Å². The summed E-state index contributed by atoms with van der Waals surface area (Å²) in [5, 5.41) is 4.93. The number of furan rings is 1. The van der Waals surface area contributed by atoms with Gasteiger partial charge in [-0.05, 0) is 61.0 Å². The van der Waals surface area contributed by atoms with Crippen molar-refractivity contribution in [3.05, 3.63) is 56.9 Å². The second-order valence-corrected chi connectivity index (χ2v) is 8.21. The van der Waals surface area contributed by atoms with Crippen molar-refractivity contribution in [3.63, 3.8) is 0 Å². The lowest BCUT2D eigenvalue weighted by Crippen LogP contribution is -2.12. The molecular formula is C17H15BrN2O2S2. The van der Waals surface area contributed by atoms with Crippen LogP contribution in [0.15, 0.2) is 47.8 Å². The molecule has 4 nitrogen and oxygen atoms in total. The summed E-state index contributed by atoms with van der Waals surface area (Å²) in [6.07, 6.45) is 0. The molecular weight excluding hydrogens is 408 g/mol. The predicted octanol–water partition coefficient (Wildman–Crippen LogP) is 5.83. The van der Waals surface area contributed by atoms with E-state index >= 15 is 0 Å². The Kier molecular flexibility index (Phi) is 5.12. The SMILES string of the molecule is Cc1csc(Sc2ccc(NC(=O)c3c(C)oc(C)c3Br)cc2)n1. The average molecular weight is 423 g/mol. The van der Waals surface area contributed by atoms with Crippen LogP contribution in [0.1, 0.15) is 27.6 Å². The van der Waals surface area contributed by atoms with E-state index in [0.29, 0.717) is 21.6 Å². The van der Waals surface area contributed by atoms with Crippen LogP contribution in [0.2, 0.25) is 0 Å². The van der Waals surface area contributed by atoms with E-state index < -0.39 is 0 Å². The standard InChI is InChI=1S/C17H15BrN2O2S2/c1-9-8-23-17(19-9)24-13-6-4-12(5-7-13)20-16(21)14-10(2)22-11(3)15(14)18/h4-8H,1-3H3,(H,20,21). The molecule has 1 amide bonds. The number of hydrogen-bond acceptors (Lipinski definition) is 5. The van der Waals surface area contributed by atoms with Crippen molar-refractivity contribution in [1.82, 2.24) is 4.98 Å². The minimum Gasteiger partial charge on any atom is -0.465 e. The lowest BCUT2D eigenvalue weighted by Gasteiger charge is -2.06. The quantitative estimate of drug-likeness (QED) is 0.574. The summed E-state index contributed by atoms with van der Waals surface area (Å²) in [4.78, 5) is 17.9. The molecule has 3 rings (SSSR count). The van der Waals surface area contributed by atoms with Crippen LogP contribution in [-0.2, 0) is 0 Å². The van der Waals surface area contributed by atoms with Crippen molar-refractivity contribution >= 4 is 50.6 Å². The van der Waals surface area contributed by atoms with Gasteiger partial charge in [0, 0.05) is 21.7 Å². The van der Waals surface area contributed by atoms with Gasteiger partial charge < -0.3 is 9.73 Å². The predicted molar refractivity (Wildman–Crippen MR) is 101 cm³/mol. The minimum absolute atomic E-state index is 0.188. The van der Waals surface area contributed by atoms with Gasteiger partial charge in [-0.1, -0.05) is 11.8 Å². The molecule has 0 bridgehead atoms. The van der Waals surface area contributed by atoms with Crippen molar-refractivity contribution in [2.75, 3.05) is 5.32 Å². The van der Waals surface area contributed by atoms with Crippen LogP contribution in [-0.4, -0.2) is 10.9 Å². The highest BCUT2D eigenvalue weighted by atomic mass is 79.9. The van der Waals surface area contributed by atoms with Crippen LogP contribution in [0.4, 0.5) is 5.69 Å². The number of carbonyl (C=O) groups is 1. The highest BCUT2D eigenvalue weighted by molar-refractivity contribution is 9.10. The van der Waals surface area contributed by atoms with Crippen LogP contribution in [0.5, 0.6) is 0 Å². The third kappa shape index (κ3) is 3.74. The largest absolute Gasteiger partial charge is 0.465 e. The molecule has 3 aromatic rings. The van der Waals surface area contributed by atoms with Gasteiger partial charge in [-0.2, -0.15) is 0 Å². The maximum Gasteiger partial charge on any atom is 0.260 e. The number of aromatic nitrogens is 1. The maximum absolute atomic E-state index is 12.4. The zero-order valence-corrected chi connectivity index (χ0v) is 16.6. The van der Waals surface area contributed by atoms with Gasteiger partial charge in [0.15, 0.2) is 4.34 Å². The summed E-state index contributed by atoms with van der Waals surface area (Å²) in [7, 11) is 0. The van der Waals surface area contributed by atoms with Gasteiger partial charge in [0.05, 0.1) is 10.0 Å². The van der Waals surface area contributed by atoms with Crippen LogP contribution in [0.25, 0.3) is 0 Å². The Labute approximate surface area is 156 Å². The summed E-state index contributed by atoms with van der Waals surface area (Å²) >= 11 is 6.64. The highest BCUT2D eigenvalue weighted by Crippen LogP contribution is 2.31. The van der Waals surface area contributed by atoms with Gasteiger partial charge in [0.2, 0.25) is 0 Å². The first kappa shape index (κ1) is 17.3. The molecule has 0 saturated heterocycles. The third-order valence-electron chi connectivity index (χ3n) is 3.33. The Morgan fingerprint density at radius 2 is 1.92 bits per heavy atom. The molecule has 0 radical (unpaired) electrons. The number of anilines is 1.